The average molecular weight is 401 g/mol. The van der Waals surface area contributed by atoms with Crippen LogP contribution in [-0.4, -0.2) is 69.9 Å². The number of nitriles is 1. The summed E-state index contributed by atoms with van der Waals surface area (Å²) < 4.78 is 33.2. The van der Waals surface area contributed by atoms with E-state index in [4.69, 9.17) is 33.7 Å². The molecule has 2 heterocycles. The van der Waals surface area contributed by atoms with Gasteiger partial charge in [-0.3, -0.25) is 0 Å². The highest BCUT2D eigenvalue weighted by molar-refractivity contribution is 5.64. The van der Waals surface area contributed by atoms with Crippen LogP contribution in [0.15, 0.2) is 24.4 Å². The first-order valence-electron chi connectivity index (χ1n) is 9.26. The number of nitrogens with zero attached hydrogens (tertiary/aromatic N) is 3. The van der Waals surface area contributed by atoms with E-state index in [0.29, 0.717) is 70.0 Å². The molecule has 0 aliphatic carbocycles. The monoisotopic (exact) mass is 401 g/mol. The molecule has 0 bridgehead atoms. The van der Waals surface area contributed by atoms with Gasteiger partial charge in [-0.05, 0) is 18.2 Å². The first kappa shape index (κ1) is 20.8. The SMILES string of the molecule is COc1nc(-c2ccc3c(c2)OCCOCCOCCOCCO3)cnc1C#N. The molecule has 0 fully saturated rings. The Bertz CT molecular complexity index is 839. The molecule has 29 heavy (non-hydrogen) atoms. The molecule has 154 valence electrons. The van der Waals surface area contributed by atoms with E-state index in [9.17, 15) is 0 Å². The standard InChI is InChI=1S/C20H23N3O6/c1-24-20-16(13-21)22-14-17(23-20)15-2-3-18-19(12-15)29-11-9-27-7-5-25-4-6-26-8-10-28-18/h2-3,12,14H,4-11H2,1H3. The summed E-state index contributed by atoms with van der Waals surface area (Å²) in [6, 6.07) is 7.41. The fraction of sp³-hybridized carbons (Fsp3) is 0.450. The van der Waals surface area contributed by atoms with Gasteiger partial charge in [0, 0.05) is 5.56 Å². The zero-order valence-corrected chi connectivity index (χ0v) is 16.3. The maximum Gasteiger partial charge on any atom is 0.251 e. The molecule has 0 saturated heterocycles. The maximum absolute atomic E-state index is 9.08. The van der Waals surface area contributed by atoms with Crippen molar-refractivity contribution in [3.05, 3.63) is 30.1 Å². The Kier molecular flexibility index (Phi) is 8.01. The summed E-state index contributed by atoms with van der Waals surface area (Å²) in [5.74, 6) is 1.32. The van der Waals surface area contributed by atoms with Crippen LogP contribution >= 0.6 is 0 Å². The van der Waals surface area contributed by atoms with Crippen molar-refractivity contribution in [1.29, 1.82) is 5.26 Å². The molecule has 0 spiro atoms. The largest absolute Gasteiger partial charge is 0.487 e. The second-order valence-electron chi connectivity index (χ2n) is 5.92. The van der Waals surface area contributed by atoms with E-state index in [1.807, 2.05) is 18.2 Å². The van der Waals surface area contributed by atoms with Gasteiger partial charge in [0.05, 0.1) is 58.6 Å². The van der Waals surface area contributed by atoms with Crippen molar-refractivity contribution < 1.29 is 28.4 Å². The number of aromatic nitrogens is 2. The summed E-state index contributed by atoms with van der Waals surface area (Å²) in [6.45, 7) is 3.65. The predicted molar refractivity (Wildman–Crippen MR) is 102 cm³/mol. The van der Waals surface area contributed by atoms with Crippen LogP contribution in [0, 0.1) is 11.3 Å². The molecule has 0 atom stereocenters. The summed E-state index contributed by atoms with van der Waals surface area (Å²) >= 11 is 0. The van der Waals surface area contributed by atoms with Crippen molar-refractivity contribution in [3.8, 4) is 34.7 Å². The number of benzene rings is 1. The molecule has 0 amide bonds. The Morgan fingerprint density at radius 1 is 0.897 bits per heavy atom. The average Bonchev–Trinajstić information content (AvgIpc) is 2.77. The van der Waals surface area contributed by atoms with Crippen LogP contribution in [0.5, 0.6) is 17.4 Å². The molecule has 3 rings (SSSR count). The van der Waals surface area contributed by atoms with Crippen LogP contribution in [0.25, 0.3) is 11.3 Å². The summed E-state index contributed by atoms with van der Waals surface area (Å²) in [6.07, 6.45) is 1.52. The first-order valence-corrected chi connectivity index (χ1v) is 9.26. The summed E-state index contributed by atoms with van der Waals surface area (Å²) in [4.78, 5) is 8.45. The van der Waals surface area contributed by atoms with Gasteiger partial charge in [-0.25, -0.2) is 9.97 Å². The minimum atomic E-state index is 0.131. The van der Waals surface area contributed by atoms with Gasteiger partial charge in [-0.1, -0.05) is 0 Å². The quantitative estimate of drug-likeness (QED) is 0.745. The number of rotatable bonds is 2. The van der Waals surface area contributed by atoms with Crippen molar-refractivity contribution in [2.75, 3.05) is 60.0 Å². The van der Waals surface area contributed by atoms with E-state index < -0.39 is 0 Å². The van der Waals surface area contributed by atoms with Crippen LogP contribution in [-0.2, 0) is 14.2 Å². The summed E-state index contributed by atoms with van der Waals surface area (Å²) in [5, 5.41) is 9.08. The molecule has 0 N–H and O–H groups in total. The lowest BCUT2D eigenvalue weighted by molar-refractivity contribution is 0.00708. The lowest BCUT2D eigenvalue weighted by atomic mass is 10.1. The van der Waals surface area contributed by atoms with Gasteiger partial charge in [0.1, 0.15) is 19.3 Å². The zero-order chi connectivity index (χ0) is 20.3. The van der Waals surface area contributed by atoms with Crippen LogP contribution in [0.2, 0.25) is 0 Å². The minimum absolute atomic E-state index is 0.131. The molecule has 0 saturated carbocycles. The molecular formula is C20H23N3O6. The minimum Gasteiger partial charge on any atom is -0.487 e. The highest BCUT2D eigenvalue weighted by atomic mass is 16.6. The highest BCUT2D eigenvalue weighted by Crippen LogP contribution is 2.33. The molecule has 1 aromatic heterocycles. The number of hydrogen-bond acceptors (Lipinski definition) is 9. The summed E-state index contributed by atoms with van der Waals surface area (Å²) in [5.41, 5.74) is 1.44. The van der Waals surface area contributed by atoms with E-state index in [-0.39, 0.29) is 11.6 Å². The molecule has 9 nitrogen and oxygen atoms in total. The highest BCUT2D eigenvalue weighted by Gasteiger charge is 2.13. The van der Waals surface area contributed by atoms with Crippen LogP contribution in [0.1, 0.15) is 5.69 Å². The van der Waals surface area contributed by atoms with Gasteiger partial charge in [0.25, 0.3) is 5.88 Å². The number of ether oxygens (including phenoxy) is 6. The fourth-order valence-electron chi connectivity index (χ4n) is 2.59. The van der Waals surface area contributed by atoms with E-state index >= 15 is 0 Å². The Morgan fingerprint density at radius 2 is 1.52 bits per heavy atom. The predicted octanol–water partition coefficient (Wildman–Crippen LogP) is 1.84. The normalized spacial score (nSPS) is 16.1. The molecule has 1 aliphatic heterocycles. The second-order valence-corrected chi connectivity index (χ2v) is 5.92. The topological polar surface area (TPSA) is 105 Å². The van der Waals surface area contributed by atoms with Crippen molar-refractivity contribution in [2.24, 2.45) is 0 Å². The Hall–Kier alpha value is -2.93. The van der Waals surface area contributed by atoms with E-state index in [1.54, 1.807) is 6.07 Å². The van der Waals surface area contributed by atoms with Gasteiger partial charge in [0.2, 0.25) is 5.69 Å². The van der Waals surface area contributed by atoms with E-state index in [0.717, 1.165) is 5.56 Å². The third kappa shape index (κ3) is 6.02. The number of fused-ring (bicyclic) bond motifs is 1. The van der Waals surface area contributed by atoms with E-state index in [2.05, 4.69) is 9.97 Å². The van der Waals surface area contributed by atoms with Crippen LogP contribution < -0.4 is 14.2 Å². The lowest BCUT2D eigenvalue weighted by Crippen LogP contribution is -2.13. The van der Waals surface area contributed by atoms with Gasteiger partial charge in [-0.2, -0.15) is 5.26 Å². The van der Waals surface area contributed by atoms with Crippen molar-refractivity contribution in [1.82, 2.24) is 9.97 Å². The van der Waals surface area contributed by atoms with Crippen LogP contribution in [0.3, 0.4) is 0 Å². The number of hydrogen-bond donors (Lipinski definition) is 0. The molecule has 0 radical (unpaired) electrons. The Balaban J connectivity index is 1.80. The fourth-order valence-corrected chi connectivity index (χ4v) is 2.59. The summed E-state index contributed by atoms with van der Waals surface area (Å²) in [7, 11) is 1.45. The molecule has 9 heteroatoms. The molecule has 1 aliphatic rings. The van der Waals surface area contributed by atoms with Crippen molar-refractivity contribution >= 4 is 0 Å². The molecule has 2 aromatic rings. The molecular weight excluding hydrogens is 378 g/mol. The molecule has 0 unspecified atom stereocenters. The lowest BCUT2D eigenvalue weighted by Gasteiger charge is -2.14. The third-order valence-corrected chi connectivity index (χ3v) is 3.99. The van der Waals surface area contributed by atoms with Crippen LogP contribution in [0.4, 0.5) is 0 Å². The van der Waals surface area contributed by atoms with Gasteiger partial charge in [0.15, 0.2) is 11.5 Å². The third-order valence-electron chi connectivity index (χ3n) is 3.99. The number of methoxy groups -OCH3 is 1. The maximum atomic E-state index is 9.08. The Morgan fingerprint density at radius 3 is 2.14 bits per heavy atom. The zero-order valence-electron chi connectivity index (χ0n) is 16.3. The molecule has 1 aromatic carbocycles. The van der Waals surface area contributed by atoms with Crippen molar-refractivity contribution in [3.63, 3.8) is 0 Å². The van der Waals surface area contributed by atoms with E-state index in [1.165, 1.54) is 13.3 Å². The first-order chi connectivity index (χ1) is 14.3. The smallest absolute Gasteiger partial charge is 0.251 e. The second kappa shape index (κ2) is 11.2. The van der Waals surface area contributed by atoms with Gasteiger partial charge in [-0.15, -0.1) is 0 Å². The van der Waals surface area contributed by atoms with Gasteiger partial charge >= 0.3 is 0 Å². The van der Waals surface area contributed by atoms with Gasteiger partial charge < -0.3 is 28.4 Å². The van der Waals surface area contributed by atoms with Crippen molar-refractivity contribution in [2.45, 2.75) is 0 Å². The Labute approximate surface area is 169 Å².